The first-order valence-corrected chi connectivity index (χ1v) is 5.92. The van der Waals surface area contributed by atoms with Gasteiger partial charge < -0.3 is 15.2 Å². The van der Waals surface area contributed by atoms with Crippen molar-refractivity contribution in [1.82, 2.24) is 0 Å². The molecule has 0 aliphatic heterocycles. The van der Waals surface area contributed by atoms with Crippen molar-refractivity contribution >= 4 is 17.6 Å². The molecule has 20 heavy (non-hydrogen) atoms. The monoisotopic (exact) mass is 277 g/mol. The summed E-state index contributed by atoms with van der Waals surface area (Å²) in [5.74, 6) is -0.765. The summed E-state index contributed by atoms with van der Waals surface area (Å²) >= 11 is 0. The van der Waals surface area contributed by atoms with Crippen LogP contribution in [-0.2, 0) is 9.59 Å². The number of carboxylic acid groups (broad SMARTS) is 1. The second kappa shape index (κ2) is 5.61. The minimum absolute atomic E-state index is 0.0182. The first-order valence-electron chi connectivity index (χ1n) is 5.92. The molecule has 104 valence electrons. The number of halogens is 1. The van der Waals surface area contributed by atoms with Gasteiger partial charge >= 0.3 is 5.97 Å². The van der Waals surface area contributed by atoms with Gasteiger partial charge in [0.05, 0.1) is 17.5 Å². The van der Waals surface area contributed by atoms with Crippen LogP contribution in [0.1, 0.15) is 6.42 Å². The molecule has 1 fully saturated rings. The van der Waals surface area contributed by atoms with Gasteiger partial charge in [0.25, 0.3) is 0 Å². The van der Waals surface area contributed by atoms with E-state index in [1.807, 2.05) is 0 Å². The van der Waals surface area contributed by atoms with Gasteiger partial charge in [-0.05, 0) is 18.6 Å². The number of ether oxygens (including phenoxy) is 1. The van der Waals surface area contributed by atoms with Crippen LogP contribution in [0.3, 0.4) is 0 Å². The van der Waals surface area contributed by atoms with Crippen molar-refractivity contribution in [2.45, 2.75) is 6.42 Å². The van der Waals surface area contributed by atoms with E-state index in [-0.39, 0.29) is 24.5 Å². The molecule has 0 bridgehead atoms. The Bertz CT molecular complexity index is 593. The van der Waals surface area contributed by atoms with E-state index in [1.165, 1.54) is 12.1 Å². The van der Waals surface area contributed by atoms with E-state index in [4.69, 9.17) is 16.3 Å². The highest BCUT2D eigenvalue weighted by atomic mass is 19.1. The molecule has 0 radical (unpaired) electrons. The molecule has 1 aromatic rings. The molecule has 0 aromatic heterocycles. The van der Waals surface area contributed by atoms with Gasteiger partial charge in [0.1, 0.15) is 18.2 Å². The first-order chi connectivity index (χ1) is 9.52. The Balaban J connectivity index is 2.08. The maximum absolute atomic E-state index is 13.2. The lowest BCUT2D eigenvalue weighted by molar-refractivity contribution is -0.139. The standard InChI is InChI=1S/C14H12FNO4/c1-2-5-20-12-4-3-8(15)6-11(12)16-13(17)9-7-10(9)14(18)19/h1,3-4,6,9-10H,5,7H2,(H,16,17)(H,18,19). The van der Waals surface area contributed by atoms with Crippen LogP contribution in [0.4, 0.5) is 10.1 Å². The predicted octanol–water partition coefficient (Wildman–Crippen LogP) is 1.50. The molecule has 1 aliphatic carbocycles. The lowest BCUT2D eigenvalue weighted by Crippen LogP contribution is -2.17. The van der Waals surface area contributed by atoms with Gasteiger partial charge in [-0.3, -0.25) is 9.59 Å². The van der Waals surface area contributed by atoms with Crippen molar-refractivity contribution < 1.29 is 23.8 Å². The fraction of sp³-hybridized carbons (Fsp3) is 0.286. The SMILES string of the molecule is C#CCOc1ccc(F)cc1NC(=O)C1CC1C(=O)O. The number of aliphatic carboxylic acids is 1. The van der Waals surface area contributed by atoms with E-state index in [1.54, 1.807) is 0 Å². The smallest absolute Gasteiger partial charge is 0.307 e. The number of hydrogen-bond donors (Lipinski definition) is 2. The van der Waals surface area contributed by atoms with Crippen LogP contribution in [0.5, 0.6) is 5.75 Å². The summed E-state index contributed by atoms with van der Waals surface area (Å²) in [6.07, 6.45) is 5.35. The zero-order valence-electron chi connectivity index (χ0n) is 10.4. The Labute approximate surface area is 114 Å². The van der Waals surface area contributed by atoms with Crippen LogP contribution in [0.15, 0.2) is 18.2 Å². The molecule has 0 saturated heterocycles. The number of terminal acetylenes is 1. The number of carboxylic acids is 1. The maximum Gasteiger partial charge on any atom is 0.307 e. The summed E-state index contributed by atoms with van der Waals surface area (Å²) in [7, 11) is 0. The first kappa shape index (κ1) is 13.9. The highest BCUT2D eigenvalue weighted by molar-refractivity contribution is 5.99. The highest BCUT2D eigenvalue weighted by Crippen LogP contribution is 2.40. The number of anilines is 1. The topological polar surface area (TPSA) is 75.6 Å². The number of nitrogens with one attached hydrogen (secondary N) is 1. The summed E-state index contributed by atoms with van der Waals surface area (Å²) in [6, 6.07) is 3.63. The van der Waals surface area contributed by atoms with Crippen molar-refractivity contribution in [2.75, 3.05) is 11.9 Å². The van der Waals surface area contributed by atoms with E-state index in [9.17, 15) is 14.0 Å². The van der Waals surface area contributed by atoms with Crippen LogP contribution < -0.4 is 10.1 Å². The van der Waals surface area contributed by atoms with E-state index in [0.717, 1.165) is 6.07 Å². The molecule has 1 amide bonds. The van der Waals surface area contributed by atoms with Gasteiger partial charge in [-0.25, -0.2) is 4.39 Å². The molecular formula is C14H12FNO4. The predicted molar refractivity (Wildman–Crippen MR) is 68.6 cm³/mol. The summed E-state index contributed by atoms with van der Waals surface area (Å²) in [6.45, 7) is -0.0182. The van der Waals surface area contributed by atoms with E-state index >= 15 is 0 Å². The van der Waals surface area contributed by atoms with Crippen LogP contribution in [-0.4, -0.2) is 23.6 Å². The Morgan fingerprint density at radius 1 is 1.50 bits per heavy atom. The van der Waals surface area contributed by atoms with E-state index in [2.05, 4.69) is 11.2 Å². The lowest BCUT2D eigenvalue weighted by atomic mass is 10.2. The summed E-state index contributed by atoms with van der Waals surface area (Å²) in [5.41, 5.74) is 0.140. The van der Waals surface area contributed by atoms with Crippen molar-refractivity contribution in [3.8, 4) is 18.1 Å². The number of rotatable bonds is 5. The van der Waals surface area contributed by atoms with Crippen LogP contribution in [0, 0.1) is 30.0 Å². The van der Waals surface area contributed by atoms with E-state index in [0.29, 0.717) is 0 Å². The zero-order chi connectivity index (χ0) is 14.7. The summed E-state index contributed by atoms with van der Waals surface area (Å²) in [5, 5.41) is 11.2. The molecule has 0 spiro atoms. The number of benzene rings is 1. The number of carbonyl (C=O) groups excluding carboxylic acids is 1. The average molecular weight is 277 g/mol. The quantitative estimate of drug-likeness (QED) is 0.800. The molecule has 2 unspecified atom stereocenters. The molecule has 2 rings (SSSR count). The summed E-state index contributed by atoms with van der Waals surface area (Å²) < 4.78 is 18.4. The molecule has 1 aliphatic rings. The number of carbonyl (C=O) groups is 2. The van der Waals surface area contributed by atoms with Crippen LogP contribution in [0.2, 0.25) is 0 Å². The minimum Gasteiger partial charge on any atom is -0.481 e. The second-order valence-electron chi connectivity index (χ2n) is 4.41. The Morgan fingerprint density at radius 2 is 2.25 bits per heavy atom. The van der Waals surface area contributed by atoms with Gasteiger partial charge in [-0.2, -0.15) is 0 Å². The van der Waals surface area contributed by atoms with Crippen molar-refractivity contribution in [2.24, 2.45) is 11.8 Å². The Hall–Kier alpha value is -2.55. The van der Waals surface area contributed by atoms with Crippen molar-refractivity contribution in [3.63, 3.8) is 0 Å². The highest BCUT2D eigenvalue weighted by Gasteiger charge is 2.48. The number of hydrogen-bond acceptors (Lipinski definition) is 3. The molecule has 6 heteroatoms. The van der Waals surface area contributed by atoms with Gasteiger partial charge in [-0.1, -0.05) is 5.92 Å². The average Bonchev–Trinajstić information content (AvgIpc) is 3.18. The molecule has 0 heterocycles. The molecule has 2 atom stereocenters. The van der Waals surface area contributed by atoms with Crippen molar-refractivity contribution in [1.29, 1.82) is 0 Å². The van der Waals surface area contributed by atoms with Crippen LogP contribution in [0.25, 0.3) is 0 Å². The normalized spacial score (nSPS) is 19.8. The maximum atomic E-state index is 13.2. The fourth-order valence-corrected chi connectivity index (χ4v) is 1.83. The largest absolute Gasteiger partial charge is 0.481 e. The third-order valence-corrected chi connectivity index (χ3v) is 2.95. The Morgan fingerprint density at radius 3 is 2.85 bits per heavy atom. The fourth-order valence-electron chi connectivity index (χ4n) is 1.83. The third-order valence-electron chi connectivity index (χ3n) is 2.95. The summed E-state index contributed by atoms with van der Waals surface area (Å²) in [4.78, 5) is 22.5. The van der Waals surface area contributed by atoms with E-state index < -0.39 is 29.5 Å². The molecule has 1 aromatic carbocycles. The molecule has 5 nitrogen and oxygen atoms in total. The van der Waals surface area contributed by atoms with Gasteiger partial charge in [0.15, 0.2) is 0 Å². The van der Waals surface area contributed by atoms with Crippen LogP contribution >= 0.6 is 0 Å². The van der Waals surface area contributed by atoms with Gasteiger partial charge in [-0.15, -0.1) is 6.42 Å². The van der Waals surface area contributed by atoms with Gasteiger partial charge in [0, 0.05) is 6.07 Å². The minimum atomic E-state index is -1.01. The lowest BCUT2D eigenvalue weighted by Gasteiger charge is -2.11. The van der Waals surface area contributed by atoms with Crippen molar-refractivity contribution in [3.05, 3.63) is 24.0 Å². The molecular weight excluding hydrogens is 265 g/mol. The second-order valence-corrected chi connectivity index (χ2v) is 4.41. The zero-order valence-corrected chi connectivity index (χ0v) is 10.4. The van der Waals surface area contributed by atoms with Gasteiger partial charge in [0.2, 0.25) is 5.91 Å². The Kier molecular flexibility index (Phi) is 3.89. The number of amides is 1. The molecule has 2 N–H and O–H groups in total. The third kappa shape index (κ3) is 3.06. The molecule has 1 saturated carbocycles.